The van der Waals surface area contributed by atoms with Crippen LogP contribution in [0.3, 0.4) is 0 Å². The van der Waals surface area contributed by atoms with Crippen LogP contribution in [0.25, 0.3) is 0 Å². The van der Waals surface area contributed by atoms with Gasteiger partial charge in [-0.3, -0.25) is 4.79 Å². The van der Waals surface area contributed by atoms with Crippen LogP contribution >= 0.6 is 22.6 Å². The Kier molecular flexibility index (Phi) is 2.95. The molecule has 3 heteroatoms. The van der Waals surface area contributed by atoms with E-state index < -0.39 is 0 Å². The summed E-state index contributed by atoms with van der Waals surface area (Å²) in [4.78, 5) is 13.1. The van der Waals surface area contributed by atoms with Crippen molar-refractivity contribution in [3.63, 3.8) is 0 Å². The molecule has 1 atom stereocenters. The van der Waals surface area contributed by atoms with Crippen LogP contribution in [-0.2, 0) is 4.79 Å². The predicted molar refractivity (Wildman–Crippen MR) is 49.0 cm³/mol. The van der Waals surface area contributed by atoms with Gasteiger partial charge in [-0.25, -0.2) is 0 Å². The van der Waals surface area contributed by atoms with Crippen molar-refractivity contribution in [3.8, 4) is 0 Å². The van der Waals surface area contributed by atoms with Crippen molar-refractivity contribution in [3.05, 3.63) is 0 Å². The smallest absolute Gasteiger partial charge is 0.223 e. The van der Waals surface area contributed by atoms with Gasteiger partial charge in [-0.05, 0) is 19.8 Å². The number of piperidine rings is 1. The van der Waals surface area contributed by atoms with Crippen LogP contribution in [0.15, 0.2) is 0 Å². The van der Waals surface area contributed by atoms with Crippen molar-refractivity contribution < 1.29 is 4.79 Å². The van der Waals surface area contributed by atoms with Crippen molar-refractivity contribution in [1.29, 1.82) is 0 Å². The summed E-state index contributed by atoms with van der Waals surface area (Å²) >= 11 is 2.28. The van der Waals surface area contributed by atoms with Crippen molar-refractivity contribution >= 4 is 28.5 Å². The van der Waals surface area contributed by atoms with Gasteiger partial charge in [-0.15, -0.1) is 0 Å². The number of carbonyl (C=O) groups excluding carboxylic acids is 1. The molecule has 0 N–H and O–H groups in total. The van der Waals surface area contributed by atoms with Crippen molar-refractivity contribution in [1.82, 2.24) is 4.90 Å². The molecule has 1 aliphatic heterocycles. The van der Waals surface area contributed by atoms with E-state index in [1.165, 1.54) is 6.42 Å². The number of rotatable bonds is 1. The van der Waals surface area contributed by atoms with Crippen LogP contribution in [0, 0.1) is 0 Å². The van der Waals surface area contributed by atoms with E-state index in [0.717, 1.165) is 19.4 Å². The number of amides is 1. The summed E-state index contributed by atoms with van der Waals surface area (Å²) in [6, 6.07) is 0. The van der Waals surface area contributed by atoms with E-state index in [2.05, 4.69) is 29.5 Å². The number of likely N-dealkylation sites (tertiary alicyclic amines) is 1. The quantitative estimate of drug-likeness (QED) is 0.396. The number of carbonyl (C=O) groups is 1. The zero-order valence-electron chi connectivity index (χ0n) is 6.14. The van der Waals surface area contributed by atoms with Gasteiger partial charge in [-0.2, -0.15) is 0 Å². The normalized spacial score (nSPS) is 23.0. The zero-order valence-corrected chi connectivity index (χ0v) is 8.30. The molecule has 1 aliphatic rings. The van der Waals surface area contributed by atoms with Gasteiger partial charge < -0.3 is 4.90 Å². The first kappa shape index (κ1) is 8.30. The lowest BCUT2D eigenvalue weighted by atomic mass is 10.1. The summed E-state index contributed by atoms with van der Waals surface area (Å²) in [6.45, 7) is 3.02. The van der Waals surface area contributed by atoms with Gasteiger partial charge in [0.05, 0.1) is 4.05 Å². The molecule has 1 saturated heterocycles. The molecule has 10 heavy (non-hydrogen) atoms. The largest absolute Gasteiger partial charge is 0.331 e. The molecule has 1 fully saturated rings. The number of hydrogen-bond acceptors (Lipinski definition) is 1. The minimum absolute atomic E-state index is 0.327. The lowest BCUT2D eigenvalue weighted by Gasteiger charge is -2.29. The number of halogens is 1. The Morgan fingerprint density at radius 3 is 2.70 bits per heavy atom. The molecule has 0 aromatic carbocycles. The predicted octanol–water partition coefficient (Wildman–Crippen LogP) is 1.78. The fraction of sp³-hybridized carbons (Fsp3) is 0.857. The Labute approximate surface area is 75.1 Å². The Morgan fingerprint density at radius 2 is 2.30 bits per heavy atom. The van der Waals surface area contributed by atoms with E-state index in [4.69, 9.17) is 0 Å². The second-order valence-corrected chi connectivity index (χ2v) is 4.42. The lowest BCUT2D eigenvalue weighted by Crippen LogP contribution is -2.38. The second-order valence-electron chi connectivity index (χ2n) is 2.62. The Balaban J connectivity index is 2.48. The average molecular weight is 253 g/mol. The van der Waals surface area contributed by atoms with Crippen LogP contribution < -0.4 is 0 Å². The molecule has 0 aromatic rings. The molecule has 58 valence electrons. The molecule has 0 saturated carbocycles. The molecule has 0 spiro atoms. The van der Waals surface area contributed by atoms with Gasteiger partial charge in [0.1, 0.15) is 0 Å². The third kappa shape index (κ3) is 1.84. The highest BCUT2D eigenvalue weighted by molar-refractivity contribution is 14.1. The summed E-state index contributed by atoms with van der Waals surface area (Å²) in [5, 5.41) is 0. The molecule has 1 rings (SSSR count). The van der Waals surface area contributed by atoms with E-state index in [0.29, 0.717) is 9.96 Å². The van der Waals surface area contributed by atoms with Crippen LogP contribution in [0.1, 0.15) is 26.2 Å². The van der Waals surface area contributed by atoms with Gasteiger partial charge in [0.15, 0.2) is 0 Å². The highest BCUT2D eigenvalue weighted by atomic mass is 127. The van der Waals surface area contributed by atoms with Crippen LogP contribution in [0.2, 0.25) is 0 Å². The first-order valence-electron chi connectivity index (χ1n) is 3.65. The fourth-order valence-corrected chi connectivity index (χ4v) is 1.79. The maximum absolute atomic E-state index is 11.2. The van der Waals surface area contributed by atoms with E-state index in [1.54, 1.807) is 0 Å². The molecule has 1 heterocycles. The van der Waals surface area contributed by atoms with Gasteiger partial charge in [0.25, 0.3) is 0 Å². The summed E-state index contributed by atoms with van der Waals surface area (Å²) in [7, 11) is 0. The van der Waals surface area contributed by atoms with E-state index in [1.807, 2.05) is 4.90 Å². The molecular formula is C7H12INO. The van der Waals surface area contributed by atoms with Gasteiger partial charge >= 0.3 is 0 Å². The molecule has 1 unspecified atom stereocenters. The van der Waals surface area contributed by atoms with Gasteiger partial charge in [-0.1, -0.05) is 22.6 Å². The van der Waals surface area contributed by atoms with Crippen LogP contribution in [-0.4, -0.2) is 21.4 Å². The Morgan fingerprint density at radius 1 is 1.60 bits per heavy atom. The number of nitrogens with zero attached hydrogens (tertiary/aromatic N) is 1. The van der Waals surface area contributed by atoms with Crippen molar-refractivity contribution in [2.24, 2.45) is 0 Å². The van der Waals surface area contributed by atoms with Crippen LogP contribution in [0.5, 0.6) is 0 Å². The first-order chi connectivity index (χ1) is 4.72. The topological polar surface area (TPSA) is 20.3 Å². The lowest BCUT2D eigenvalue weighted by molar-refractivity contribution is -0.133. The van der Waals surface area contributed by atoms with E-state index >= 15 is 0 Å². The summed E-state index contributed by atoms with van der Waals surface area (Å²) in [5.74, 6) is 0.327. The monoisotopic (exact) mass is 253 g/mol. The van der Waals surface area contributed by atoms with E-state index in [9.17, 15) is 4.79 Å². The summed E-state index contributed by atoms with van der Waals surface area (Å²) in [5.41, 5.74) is 0. The van der Waals surface area contributed by atoms with E-state index in [-0.39, 0.29) is 0 Å². The maximum atomic E-state index is 11.2. The number of hydrogen-bond donors (Lipinski definition) is 0. The molecule has 1 amide bonds. The highest BCUT2D eigenvalue weighted by Crippen LogP contribution is 2.16. The molecular weight excluding hydrogens is 241 g/mol. The third-order valence-electron chi connectivity index (χ3n) is 1.79. The maximum Gasteiger partial charge on any atom is 0.223 e. The zero-order chi connectivity index (χ0) is 7.56. The fourth-order valence-electron chi connectivity index (χ4n) is 1.20. The SMILES string of the molecule is CC(I)N1CCCCC1=O. The Hall–Kier alpha value is 0.200. The molecule has 0 aliphatic carbocycles. The van der Waals surface area contributed by atoms with Crippen molar-refractivity contribution in [2.75, 3.05) is 6.54 Å². The van der Waals surface area contributed by atoms with Gasteiger partial charge in [0, 0.05) is 13.0 Å². The Bertz CT molecular complexity index is 136. The molecule has 0 bridgehead atoms. The van der Waals surface area contributed by atoms with Gasteiger partial charge in [0.2, 0.25) is 5.91 Å². The standard InChI is InChI=1S/C7H12INO/c1-6(8)9-5-3-2-4-7(9)10/h6H,2-5H2,1H3. The minimum atomic E-state index is 0.327. The second kappa shape index (κ2) is 3.55. The van der Waals surface area contributed by atoms with Crippen molar-refractivity contribution in [2.45, 2.75) is 30.2 Å². The van der Waals surface area contributed by atoms with Crippen LogP contribution in [0.4, 0.5) is 0 Å². The highest BCUT2D eigenvalue weighted by Gasteiger charge is 2.20. The molecule has 2 nitrogen and oxygen atoms in total. The first-order valence-corrected chi connectivity index (χ1v) is 4.90. The minimum Gasteiger partial charge on any atom is -0.331 e. The molecule has 0 aromatic heterocycles. The number of alkyl halides is 1. The summed E-state index contributed by atoms with van der Waals surface area (Å²) < 4.78 is 0.366. The summed E-state index contributed by atoms with van der Waals surface area (Å²) in [6.07, 6.45) is 3.02. The molecule has 0 radical (unpaired) electrons. The average Bonchev–Trinajstić information content (AvgIpc) is 1.88. The third-order valence-corrected chi connectivity index (χ3v) is 2.46.